The number of amides is 1. The van der Waals surface area contributed by atoms with Gasteiger partial charge in [-0.05, 0) is 49.4 Å². The molecule has 0 bridgehead atoms. The highest BCUT2D eigenvalue weighted by Crippen LogP contribution is 2.31. The Balaban J connectivity index is 1.83. The monoisotopic (exact) mass is 373 g/mol. The summed E-state index contributed by atoms with van der Waals surface area (Å²) in [5, 5.41) is 11.5. The summed E-state index contributed by atoms with van der Waals surface area (Å²) in [4.78, 5) is 18.0. The molecule has 0 fully saturated rings. The Hall–Kier alpha value is -3.54. The van der Waals surface area contributed by atoms with Crippen molar-refractivity contribution in [2.24, 2.45) is 10.2 Å². The van der Waals surface area contributed by atoms with E-state index in [0.717, 1.165) is 29.2 Å². The van der Waals surface area contributed by atoms with Crippen LogP contribution < -0.4 is 10.2 Å². The minimum absolute atomic E-state index is 0.146. The van der Waals surface area contributed by atoms with Gasteiger partial charge in [-0.1, -0.05) is 18.2 Å². The first-order chi connectivity index (χ1) is 13.6. The quantitative estimate of drug-likeness (QED) is 0.574. The third-order valence-corrected chi connectivity index (χ3v) is 4.31. The molecule has 3 aromatic rings. The average molecular weight is 373 g/mol. The molecule has 0 atom stereocenters. The van der Waals surface area contributed by atoms with Gasteiger partial charge in [0, 0.05) is 38.0 Å². The Morgan fingerprint density at radius 3 is 2.50 bits per heavy atom. The van der Waals surface area contributed by atoms with Gasteiger partial charge < -0.3 is 10.2 Å². The second-order valence-electron chi connectivity index (χ2n) is 6.36. The number of hydrogen-bond acceptors (Lipinski definition) is 5. The van der Waals surface area contributed by atoms with Crippen molar-refractivity contribution in [2.45, 2.75) is 13.8 Å². The van der Waals surface area contributed by atoms with Crippen LogP contribution in [0, 0.1) is 0 Å². The number of carbonyl (C=O) groups is 1. The molecular formula is C22H23N5O. The van der Waals surface area contributed by atoms with Gasteiger partial charge >= 0.3 is 0 Å². The topological polar surface area (TPSA) is 70.0 Å². The van der Waals surface area contributed by atoms with Gasteiger partial charge in [0.05, 0.1) is 17.1 Å². The molecule has 6 heteroatoms. The van der Waals surface area contributed by atoms with Crippen molar-refractivity contribution in [3.63, 3.8) is 0 Å². The van der Waals surface area contributed by atoms with Crippen LogP contribution >= 0.6 is 0 Å². The summed E-state index contributed by atoms with van der Waals surface area (Å²) in [6.45, 7) is 4.41. The summed E-state index contributed by atoms with van der Waals surface area (Å²) in [7, 11) is 2.00. The lowest BCUT2D eigenvalue weighted by molar-refractivity contribution is -0.114. The van der Waals surface area contributed by atoms with Crippen molar-refractivity contribution in [3.05, 3.63) is 66.9 Å². The zero-order valence-corrected chi connectivity index (χ0v) is 16.3. The third kappa shape index (κ3) is 4.79. The van der Waals surface area contributed by atoms with Crippen LogP contribution in [0.3, 0.4) is 0 Å². The molecule has 1 aromatic heterocycles. The molecule has 2 aromatic carbocycles. The largest absolute Gasteiger partial charge is 0.375 e. The van der Waals surface area contributed by atoms with E-state index in [1.807, 2.05) is 67.7 Å². The van der Waals surface area contributed by atoms with E-state index < -0.39 is 0 Å². The summed E-state index contributed by atoms with van der Waals surface area (Å²) in [5.74, 6) is -0.146. The lowest BCUT2D eigenvalue weighted by atomic mass is 10.1. The molecule has 6 nitrogen and oxygen atoms in total. The van der Waals surface area contributed by atoms with Gasteiger partial charge in [0.15, 0.2) is 0 Å². The first-order valence-corrected chi connectivity index (χ1v) is 9.13. The molecule has 0 saturated carbocycles. The highest BCUT2D eigenvalue weighted by atomic mass is 16.1. The molecule has 0 aliphatic carbocycles. The first-order valence-electron chi connectivity index (χ1n) is 9.13. The maximum absolute atomic E-state index is 11.6. The maximum atomic E-state index is 11.6. The summed E-state index contributed by atoms with van der Waals surface area (Å²) in [6, 6.07) is 19.3. The molecule has 0 aliphatic rings. The number of pyridine rings is 1. The number of hydrogen-bond donors (Lipinski definition) is 1. The van der Waals surface area contributed by atoms with Gasteiger partial charge in [-0.3, -0.25) is 9.78 Å². The van der Waals surface area contributed by atoms with Crippen LogP contribution in [0.1, 0.15) is 13.8 Å². The minimum Gasteiger partial charge on any atom is -0.375 e. The summed E-state index contributed by atoms with van der Waals surface area (Å²) < 4.78 is 0. The second kappa shape index (κ2) is 8.90. The van der Waals surface area contributed by atoms with Gasteiger partial charge in [-0.2, -0.15) is 5.11 Å². The number of rotatable bonds is 6. The Labute approximate surface area is 165 Å². The van der Waals surface area contributed by atoms with Crippen LogP contribution in [-0.2, 0) is 4.79 Å². The Morgan fingerprint density at radius 2 is 1.86 bits per heavy atom. The number of azo groups is 1. The highest BCUT2D eigenvalue weighted by molar-refractivity contribution is 5.92. The van der Waals surface area contributed by atoms with Crippen LogP contribution in [0.5, 0.6) is 0 Å². The van der Waals surface area contributed by atoms with Crippen LogP contribution in [0.2, 0.25) is 0 Å². The van der Waals surface area contributed by atoms with Crippen molar-refractivity contribution in [1.29, 1.82) is 0 Å². The second-order valence-corrected chi connectivity index (χ2v) is 6.36. The third-order valence-electron chi connectivity index (χ3n) is 4.31. The number of nitrogens with one attached hydrogen (secondary N) is 1. The SMILES string of the molecule is CCN(C)c1ccc(N=Nc2ccc(-c3ccccn3)cc2)c(NC(C)=O)c1. The predicted molar refractivity (Wildman–Crippen MR) is 114 cm³/mol. The summed E-state index contributed by atoms with van der Waals surface area (Å²) in [5.41, 5.74) is 4.91. The van der Waals surface area contributed by atoms with Crippen LogP contribution in [-0.4, -0.2) is 24.5 Å². The number of carbonyl (C=O) groups excluding carboxylic acids is 1. The Bertz CT molecular complexity index is 968. The molecule has 1 N–H and O–H groups in total. The smallest absolute Gasteiger partial charge is 0.221 e. The van der Waals surface area contributed by atoms with E-state index >= 15 is 0 Å². The molecule has 28 heavy (non-hydrogen) atoms. The van der Waals surface area contributed by atoms with Crippen molar-refractivity contribution in [3.8, 4) is 11.3 Å². The molecule has 0 radical (unpaired) electrons. The van der Waals surface area contributed by atoms with Gasteiger partial charge in [-0.25, -0.2) is 0 Å². The molecular weight excluding hydrogens is 350 g/mol. The standard InChI is InChI=1S/C22H23N5O/c1-4-27(3)19-12-13-21(22(15-19)24-16(2)28)26-25-18-10-8-17(9-11-18)20-7-5-6-14-23-20/h5-15H,4H2,1-3H3,(H,24,28). The zero-order valence-electron chi connectivity index (χ0n) is 16.3. The molecule has 1 heterocycles. The van der Waals surface area contributed by atoms with E-state index in [1.165, 1.54) is 6.92 Å². The van der Waals surface area contributed by atoms with E-state index in [1.54, 1.807) is 6.20 Å². The van der Waals surface area contributed by atoms with Crippen molar-refractivity contribution in [1.82, 2.24) is 4.98 Å². The van der Waals surface area contributed by atoms with Gasteiger partial charge in [0.25, 0.3) is 0 Å². The molecule has 3 rings (SSSR count). The normalized spacial score (nSPS) is 10.8. The first kappa shape index (κ1) is 19.2. The lowest BCUT2D eigenvalue weighted by Gasteiger charge is -2.18. The molecule has 0 unspecified atom stereocenters. The van der Waals surface area contributed by atoms with E-state index in [2.05, 4.69) is 32.4 Å². The highest BCUT2D eigenvalue weighted by Gasteiger charge is 2.08. The molecule has 0 spiro atoms. The number of anilines is 2. The molecule has 0 aliphatic heterocycles. The fourth-order valence-electron chi connectivity index (χ4n) is 2.66. The summed E-state index contributed by atoms with van der Waals surface area (Å²) in [6.07, 6.45) is 1.77. The Morgan fingerprint density at radius 1 is 1.07 bits per heavy atom. The summed E-state index contributed by atoms with van der Waals surface area (Å²) >= 11 is 0. The van der Waals surface area contributed by atoms with Crippen LogP contribution in [0.25, 0.3) is 11.3 Å². The Kier molecular flexibility index (Phi) is 6.11. The van der Waals surface area contributed by atoms with E-state index in [-0.39, 0.29) is 5.91 Å². The van der Waals surface area contributed by atoms with E-state index in [4.69, 9.17) is 0 Å². The van der Waals surface area contributed by atoms with Crippen molar-refractivity contribution >= 4 is 28.7 Å². The van der Waals surface area contributed by atoms with Crippen molar-refractivity contribution < 1.29 is 4.79 Å². The zero-order chi connectivity index (χ0) is 19.9. The van der Waals surface area contributed by atoms with E-state index in [9.17, 15) is 4.79 Å². The lowest BCUT2D eigenvalue weighted by Crippen LogP contribution is -2.16. The predicted octanol–water partition coefficient (Wildman–Crippen LogP) is 5.58. The van der Waals surface area contributed by atoms with Crippen LogP contribution in [0.4, 0.5) is 22.7 Å². The van der Waals surface area contributed by atoms with Crippen molar-refractivity contribution in [2.75, 3.05) is 23.8 Å². The number of aromatic nitrogens is 1. The molecule has 0 saturated heterocycles. The maximum Gasteiger partial charge on any atom is 0.221 e. The number of nitrogens with zero attached hydrogens (tertiary/aromatic N) is 4. The van der Waals surface area contributed by atoms with Gasteiger partial charge in [0.2, 0.25) is 5.91 Å². The number of benzene rings is 2. The minimum atomic E-state index is -0.146. The fourth-order valence-corrected chi connectivity index (χ4v) is 2.66. The van der Waals surface area contributed by atoms with Gasteiger partial charge in [-0.15, -0.1) is 5.11 Å². The van der Waals surface area contributed by atoms with Crippen LogP contribution in [0.15, 0.2) is 77.1 Å². The fraction of sp³-hybridized carbons (Fsp3) is 0.182. The molecule has 142 valence electrons. The molecule has 1 amide bonds. The van der Waals surface area contributed by atoms with E-state index in [0.29, 0.717) is 11.4 Å². The van der Waals surface area contributed by atoms with Gasteiger partial charge in [0.1, 0.15) is 5.69 Å². The average Bonchev–Trinajstić information content (AvgIpc) is 2.73.